The van der Waals surface area contributed by atoms with E-state index in [-0.39, 0.29) is 12.1 Å². The predicted molar refractivity (Wildman–Crippen MR) is 56.1 cm³/mol. The summed E-state index contributed by atoms with van der Waals surface area (Å²) in [5.74, 6) is 4.41. The fourth-order valence-electron chi connectivity index (χ4n) is 1.31. The molecule has 2 rings (SSSR count). The van der Waals surface area contributed by atoms with Crippen molar-refractivity contribution in [2.75, 3.05) is 0 Å². The van der Waals surface area contributed by atoms with Crippen molar-refractivity contribution in [3.8, 4) is 0 Å². The number of rotatable bonds is 2. The molecule has 1 aromatic carbocycles. The van der Waals surface area contributed by atoms with Gasteiger partial charge in [0.15, 0.2) is 0 Å². The highest BCUT2D eigenvalue weighted by molar-refractivity contribution is 5.78. The molecule has 0 saturated heterocycles. The standard InChI is InChI=1S/C9H9N5O2/c10-11-8(15)5-14-9(16)6-3-1-2-4-7(6)12-13-14/h1-4H,5,10H2,(H,11,15). The van der Waals surface area contributed by atoms with Crippen LogP contribution in [0.5, 0.6) is 0 Å². The fraction of sp³-hybridized carbons (Fsp3) is 0.111. The summed E-state index contributed by atoms with van der Waals surface area (Å²) in [5, 5.41) is 7.87. The molecule has 0 radical (unpaired) electrons. The zero-order valence-electron chi connectivity index (χ0n) is 8.25. The number of fused-ring (bicyclic) bond motifs is 1. The van der Waals surface area contributed by atoms with Crippen LogP contribution >= 0.6 is 0 Å². The number of nitrogens with two attached hydrogens (primary N) is 1. The van der Waals surface area contributed by atoms with E-state index < -0.39 is 5.91 Å². The maximum atomic E-state index is 11.8. The van der Waals surface area contributed by atoms with Gasteiger partial charge in [0.25, 0.3) is 11.5 Å². The molecule has 1 aromatic heterocycles. The van der Waals surface area contributed by atoms with Crippen molar-refractivity contribution in [2.24, 2.45) is 5.84 Å². The monoisotopic (exact) mass is 219 g/mol. The first-order valence-corrected chi connectivity index (χ1v) is 4.54. The zero-order valence-corrected chi connectivity index (χ0v) is 8.25. The summed E-state index contributed by atoms with van der Waals surface area (Å²) in [4.78, 5) is 22.8. The molecule has 3 N–H and O–H groups in total. The van der Waals surface area contributed by atoms with Crippen LogP contribution in [0.4, 0.5) is 0 Å². The minimum atomic E-state index is -0.508. The van der Waals surface area contributed by atoms with E-state index in [1.54, 1.807) is 24.3 Å². The van der Waals surface area contributed by atoms with Crippen LogP contribution in [-0.2, 0) is 11.3 Å². The lowest BCUT2D eigenvalue weighted by molar-refractivity contribution is -0.122. The Kier molecular flexibility index (Phi) is 2.61. The first kappa shape index (κ1) is 10.2. The van der Waals surface area contributed by atoms with E-state index >= 15 is 0 Å². The SMILES string of the molecule is NNC(=O)Cn1nnc2ccccc2c1=O. The second-order valence-electron chi connectivity index (χ2n) is 3.14. The number of nitrogens with one attached hydrogen (secondary N) is 1. The molecular weight excluding hydrogens is 210 g/mol. The third-order valence-corrected chi connectivity index (χ3v) is 2.08. The van der Waals surface area contributed by atoms with Gasteiger partial charge in [-0.25, -0.2) is 10.5 Å². The van der Waals surface area contributed by atoms with E-state index in [0.717, 1.165) is 4.68 Å². The topological polar surface area (TPSA) is 103 Å². The first-order chi connectivity index (χ1) is 7.72. The van der Waals surface area contributed by atoms with Crippen LogP contribution in [0, 0.1) is 0 Å². The smallest absolute Gasteiger partial charge is 0.278 e. The van der Waals surface area contributed by atoms with E-state index in [2.05, 4.69) is 10.3 Å². The van der Waals surface area contributed by atoms with Crippen molar-refractivity contribution in [1.29, 1.82) is 0 Å². The number of carbonyl (C=O) groups is 1. The van der Waals surface area contributed by atoms with Gasteiger partial charge in [0.05, 0.1) is 5.39 Å². The van der Waals surface area contributed by atoms with Gasteiger partial charge in [-0.1, -0.05) is 17.3 Å². The molecule has 82 valence electrons. The van der Waals surface area contributed by atoms with Crippen molar-refractivity contribution < 1.29 is 4.79 Å². The Morgan fingerprint density at radius 1 is 1.44 bits per heavy atom. The number of nitrogens with zero attached hydrogens (tertiary/aromatic N) is 3. The molecule has 0 bridgehead atoms. The Labute approximate surface area is 89.8 Å². The minimum absolute atomic E-state index is 0.243. The molecule has 0 aliphatic carbocycles. The Morgan fingerprint density at radius 3 is 2.94 bits per heavy atom. The Balaban J connectivity index is 2.53. The summed E-state index contributed by atoms with van der Waals surface area (Å²) in [6, 6.07) is 6.78. The van der Waals surface area contributed by atoms with E-state index in [9.17, 15) is 9.59 Å². The van der Waals surface area contributed by atoms with Gasteiger partial charge in [-0.05, 0) is 12.1 Å². The van der Waals surface area contributed by atoms with Crippen LogP contribution in [0.25, 0.3) is 10.9 Å². The van der Waals surface area contributed by atoms with Crippen molar-refractivity contribution in [3.63, 3.8) is 0 Å². The lowest BCUT2D eigenvalue weighted by Crippen LogP contribution is -2.37. The predicted octanol–water partition coefficient (Wildman–Crippen LogP) is -1.22. The highest BCUT2D eigenvalue weighted by atomic mass is 16.2. The van der Waals surface area contributed by atoms with Crippen LogP contribution in [0.2, 0.25) is 0 Å². The second-order valence-corrected chi connectivity index (χ2v) is 3.14. The van der Waals surface area contributed by atoms with Gasteiger partial charge in [0.2, 0.25) is 0 Å². The highest BCUT2D eigenvalue weighted by Gasteiger charge is 2.07. The lowest BCUT2D eigenvalue weighted by atomic mass is 10.2. The molecule has 0 saturated carbocycles. The molecule has 0 aliphatic rings. The Hall–Kier alpha value is -2.28. The van der Waals surface area contributed by atoms with E-state index in [0.29, 0.717) is 10.9 Å². The molecule has 7 heteroatoms. The minimum Gasteiger partial charge on any atom is -0.293 e. The van der Waals surface area contributed by atoms with Gasteiger partial charge in [-0.2, -0.15) is 0 Å². The van der Waals surface area contributed by atoms with Gasteiger partial charge in [0, 0.05) is 0 Å². The average Bonchev–Trinajstić information content (AvgIpc) is 2.33. The normalized spacial score (nSPS) is 10.3. The highest BCUT2D eigenvalue weighted by Crippen LogP contribution is 2.02. The summed E-state index contributed by atoms with van der Waals surface area (Å²) in [6.45, 7) is -0.243. The van der Waals surface area contributed by atoms with E-state index in [1.165, 1.54) is 0 Å². The molecule has 0 spiro atoms. The van der Waals surface area contributed by atoms with Crippen molar-refractivity contribution in [3.05, 3.63) is 34.6 Å². The van der Waals surface area contributed by atoms with Crippen LogP contribution in [0.1, 0.15) is 0 Å². The number of hydrogen-bond acceptors (Lipinski definition) is 5. The van der Waals surface area contributed by atoms with Crippen LogP contribution in [0.3, 0.4) is 0 Å². The van der Waals surface area contributed by atoms with Gasteiger partial charge < -0.3 is 0 Å². The fourth-order valence-corrected chi connectivity index (χ4v) is 1.31. The Morgan fingerprint density at radius 2 is 2.19 bits per heavy atom. The number of carbonyl (C=O) groups excluding carboxylic acids is 1. The van der Waals surface area contributed by atoms with Gasteiger partial charge in [-0.3, -0.25) is 15.0 Å². The average molecular weight is 219 g/mol. The molecule has 16 heavy (non-hydrogen) atoms. The molecule has 0 fully saturated rings. The third kappa shape index (κ3) is 1.75. The third-order valence-electron chi connectivity index (χ3n) is 2.08. The Bertz CT molecular complexity index is 592. The van der Waals surface area contributed by atoms with Crippen molar-refractivity contribution >= 4 is 16.8 Å². The van der Waals surface area contributed by atoms with Crippen LogP contribution in [0.15, 0.2) is 29.1 Å². The van der Waals surface area contributed by atoms with Gasteiger partial charge in [0.1, 0.15) is 12.1 Å². The maximum Gasteiger partial charge on any atom is 0.278 e. The number of hydrazine groups is 1. The first-order valence-electron chi connectivity index (χ1n) is 4.54. The molecule has 0 atom stereocenters. The van der Waals surface area contributed by atoms with Crippen molar-refractivity contribution in [1.82, 2.24) is 20.4 Å². The van der Waals surface area contributed by atoms with Gasteiger partial charge in [-0.15, -0.1) is 5.10 Å². The lowest BCUT2D eigenvalue weighted by Gasteiger charge is -2.02. The number of hydrogen-bond donors (Lipinski definition) is 2. The second kappa shape index (κ2) is 4.07. The van der Waals surface area contributed by atoms with Gasteiger partial charge >= 0.3 is 0 Å². The van der Waals surface area contributed by atoms with E-state index in [1.807, 2.05) is 5.43 Å². The number of benzene rings is 1. The van der Waals surface area contributed by atoms with Crippen LogP contribution < -0.4 is 16.8 Å². The molecule has 0 unspecified atom stereocenters. The summed E-state index contributed by atoms with van der Waals surface area (Å²) >= 11 is 0. The molecule has 1 amide bonds. The maximum absolute atomic E-state index is 11.8. The summed E-state index contributed by atoms with van der Waals surface area (Å²) in [6.07, 6.45) is 0. The van der Waals surface area contributed by atoms with E-state index in [4.69, 9.17) is 5.84 Å². The summed E-state index contributed by atoms with van der Waals surface area (Å²) in [7, 11) is 0. The molecular formula is C9H9N5O2. The largest absolute Gasteiger partial charge is 0.293 e. The molecule has 0 aliphatic heterocycles. The number of amides is 1. The molecule has 2 aromatic rings. The quantitative estimate of drug-likeness (QED) is 0.374. The summed E-state index contributed by atoms with van der Waals surface area (Å²) < 4.78 is 0.963. The summed E-state index contributed by atoms with van der Waals surface area (Å²) in [5.41, 5.74) is 2.05. The van der Waals surface area contributed by atoms with Crippen LogP contribution in [-0.4, -0.2) is 20.9 Å². The van der Waals surface area contributed by atoms with Crippen molar-refractivity contribution in [2.45, 2.75) is 6.54 Å². The number of aromatic nitrogens is 3. The zero-order chi connectivity index (χ0) is 11.5. The molecule has 7 nitrogen and oxygen atoms in total. The molecule has 1 heterocycles.